The minimum absolute atomic E-state index is 0. The highest BCUT2D eigenvalue weighted by atomic mass is 79.9. The monoisotopic (exact) mass is 500 g/mol. The summed E-state index contributed by atoms with van der Waals surface area (Å²) in [6, 6.07) is 16.5. The van der Waals surface area contributed by atoms with E-state index in [0.717, 1.165) is 22.4 Å². The van der Waals surface area contributed by atoms with Crippen molar-refractivity contribution >= 4 is 11.0 Å². The SMILES string of the molecule is Cc1cc[n+](Cc2nc3ccccc3nc2C[n+]2ccc(C)cc2)cc1.[Br-].[Br-]. The van der Waals surface area contributed by atoms with Crippen LogP contribution >= 0.6 is 0 Å². The van der Waals surface area contributed by atoms with E-state index in [-0.39, 0.29) is 34.0 Å². The van der Waals surface area contributed by atoms with E-state index in [4.69, 9.17) is 9.97 Å². The van der Waals surface area contributed by atoms with Crippen molar-refractivity contribution in [2.75, 3.05) is 0 Å². The van der Waals surface area contributed by atoms with Gasteiger partial charge in [-0.05, 0) is 37.1 Å². The van der Waals surface area contributed by atoms with E-state index in [1.54, 1.807) is 0 Å². The van der Waals surface area contributed by atoms with Gasteiger partial charge in [0, 0.05) is 24.3 Å². The van der Waals surface area contributed by atoms with Gasteiger partial charge in [0.25, 0.3) is 0 Å². The number of hydrogen-bond acceptors (Lipinski definition) is 2. The number of para-hydroxylation sites is 2. The van der Waals surface area contributed by atoms with Crippen LogP contribution in [0.5, 0.6) is 0 Å². The molecule has 0 saturated heterocycles. The van der Waals surface area contributed by atoms with Crippen molar-refractivity contribution in [3.63, 3.8) is 0 Å². The van der Waals surface area contributed by atoms with Gasteiger partial charge >= 0.3 is 0 Å². The van der Waals surface area contributed by atoms with E-state index >= 15 is 0 Å². The lowest BCUT2D eigenvalue weighted by Crippen LogP contribution is -3.00. The fourth-order valence-electron chi connectivity index (χ4n) is 2.95. The molecule has 0 fully saturated rings. The van der Waals surface area contributed by atoms with E-state index in [9.17, 15) is 0 Å². The van der Waals surface area contributed by atoms with Crippen LogP contribution in [-0.2, 0) is 13.1 Å². The third-order valence-electron chi connectivity index (χ3n) is 4.51. The van der Waals surface area contributed by atoms with Crippen LogP contribution in [0.25, 0.3) is 11.0 Å². The van der Waals surface area contributed by atoms with E-state index in [0.29, 0.717) is 13.1 Å². The Morgan fingerprint density at radius 2 is 0.964 bits per heavy atom. The van der Waals surface area contributed by atoms with Crippen LogP contribution in [0.4, 0.5) is 0 Å². The molecule has 0 amide bonds. The molecule has 28 heavy (non-hydrogen) atoms. The Balaban J connectivity index is 0.00000140. The minimum Gasteiger partial charge on any atom is -1.00 e. The smallest absolute Gasteiger partial charge is 0.192 e. The predicted octanol–water partition coefficient (Wildman–Crippen LogP) is -3.07. The normalized spacial score (nSPS) is 10.2. The van der Waals surface area contributed by atoms with Gasteiger partial charge in [0.15, 0.2) is 37.9 Å². The Kier molecular flexibility index (Phi) is 7.78. The summed E-state index contributed by atoms with van der Waals surface area (Å²) < 4.78 is 4.30. The Labute approximate surface area is 186 Å². The lowest BCUT2D eigenvalue weighted by molar-refractivity contribution is -0.694. The number of pyridine rings is 2. The Morgan fingerprint density at radius 3 is 1.32 bits per heavy atom. The molecule has 0 saturated carbocycles. The molecule has 0 atom stereocenters. The predicted molar refractivity (Wildman–Crippen MR) is 100 cm³/mol. The largest absolute Gasteiger partial charge is 1.00 e. The van der Waals surface area contributed by atoms with Crippen molar-refractivity contribution in [1.82, 2.24) is 9.97 Å². The second-order valence-corrected chi connectivity index (χ2v) is 6.70. The molecule has 144 valence electrons. The van der Waals surface area contributed by atoms with Gasteiger partial charge in [-0.15, -0.1) is 0 Å². The molecule has 0 spiro atoms. The number of nitrogens with zero attached hydrogens (tertiary/aromatic N) is 4. The van der Waals surface area contributed by atoms with Crippen LogP contribution in [0.2, 0.25) is 0 Å². The number of aryl methyl sites for hydroxylation is 2. The first-order valence-corrected chi connectivity index (χ1v) is 8.83. The maximum atomic E-state index is 4.91. The maximum Gasteiger partial charge on any atom is 0.192 e. The van der Waals surface area contributed by atoms with E-state index < -0.39 is 0 Å². The van der Waals surface area contributed by atoms with Crippen molar-refractivity contribution in [3.05, 3.63) is 95.8 Å². The van der Waals surface area contributed by atoms with Crippen molar-refractivity contribution in [1.29, 1.82) is 0 Å². The zero-order valence-corrected chi connectivity index (χ0v) is 19.1. The Morgan fingerprint density at radius 1 is 0.607 bits per heavy atom. The minimum atomic E-state index is 0. The Hall–Kier alpha value is -2.18. The third-order valence-corrected chi connectivity index (χ3v) is 4.51. The molecule has 0 aliphatic heterocycles. The van der Waals surface area contributed by atoms with Crippen LogP contribution in [0.1, 0.15) is 22.5 Å². The van der Waals surface area contributed by atoms with Crippen LogP contribution in [-0.4, -0.2) is 9.97 Å². The van der Waals surface area contributed by atoms with Crippen molar-refractivity contribution in [2.45, 2.75) is 26.9 Å². The van der Waals surface area contributed by atoms with Crippen LogP contribution in [0.3, 0.4) is 0 Å². The van der Waals surface area contributed by atoms with Gasteiger partial charge in [-0.3, -0.25) is 0 Å². The molecule has 0 bridgehead atoms. The first-order valence-electron chi connectivity index (χ1n) is 8.83. The summed E-state index contributed by atoms with van der Waals surface area (Å²) in [4.78, 5) is 9.82. The fraction of sp³-hybridized carbons (Fsp3) is 0.182. The van der Waals surface area contributed by atoms with Gasteiger partial charge in [-0.25, -0.2) is 9.97 Å². The summed E-state index contributed by atoms with van der Waals surface area (Å²) in [6.45, 7) is 5.61. The topological polar surface area (TPSA) is 33.5 Å². The summed E-state index contributed by atoms with van der Waals surface area (Å²) in [5.41, 5.74) is 6.39. The number of halogens is 2. The van der Waals surface area contributed by atoms with Crippen LogP contribution in [0.15, 0.2) is 73.3 Å². The van der Waals surface area contributed by atoms with Crippen LogP contribution in [0, 0.1) is 13.8 Å². The molecule has 0 aliphatic carbocycles. The number of rotatable bonds is 4. The third kappa shape index (κ3) is 5.20. The summed E-state index contributed by atoms with van der Waals surface area (Å²) >= 11 is 0. The first-order chi connectivity index (χ1) is 12.7. The maximum absolute atomic E-state index is 4.91. The zero-order valence-electron chi connectivity index (χ0n) is 15.9. The molecule has 0 radical (unpaired) electrons. The zero-order chi connectivity index (χ0) is 17.9. The number of hydrogen-bond donors (Lipinski definition) is 0. The van der Waals surface area contributed by atoms with Gasteiger partial charge in [-0.2, -0.15) is 9.13 Å². The summed E-state index contributed by atoms with van der Waals surface area (Å²) in [6.07, 6.45) is 8.37. The van der Waals surface area contributed by atoms with Crippen molar-refractivity contribution in [2.24, 2.45) is 0 Å². The molecule has 4 rings (SSSR count). The lowest BCUT2D eigenvalue weighted by atomic mass is 10.2. The van der Waals surface area contributed by atoms with Gasteiger partial charge in [-0.1, -0.05) is 12.1 Å². The van der Waals surface area contributed by atoms with Gasteiger partial charge in [0.05, 0.1) is 11.0 Å². The molecular weight excluding hydrogens is 480 g/mol. The van der Waals surface area contributed by atoms with Crippen LogP contribution < -0.4 is 43.1 Å². The first kappa shape index (κ1) is 22.1. The quantitative estimate of drug-likeness (QED) is 0.278. The standard InChI is InChI=1S/C22H22N4.2BrH/c1-17-7-11-25(12-8-17)15-21-22(16-26-13-9-18(2)10-14-26)24-20-6-4-3-5-19(20)23-21;;/h3-14H,15-16H2,1-2H3;2*1H/q+2;;/p-2. The van der Waals surface area contributed by atoms with E-state index in [2.05, 4.69) is 72.0 Å². The average Bonchev–Trinajstić information content (AvgIpc) is 2.66. The van der Waals surface area contributed by atoms with Crippen molar-refractivity contribution in [3.8, 4) is 0 Å². The molecule has 3 heterocycles. The molecule has 0 N–H and O–H groups in total. The second kappa shape index (κ2) is 9.85. The van der Waals surface area contributed by atoms with Gasteiger partial charge in [0.1, 0.15) is 11.4 Å². The summed E-state index contributed by atoms with van der Waals surface area (Å²) in [7, 11) is 0. The molecule has 4 aromatic rings. The van der Waals surface area contributed by atoms with E-state index in [1.807, 2.05) is 24.3 Å². The molecule has 1 aromatic carbocycles. The molecule has 6 heteroatoms. The van der Waals surface area contributed by atoms with Gasteiger partial charge < -0.3 is 34.0 Å². The molecular formula is C22H22Br2N4. The highest BCUT2D eigenvalue weighted by Crippen LogP contribution is 2.13. The molecule has 4 nitrogen and oxygen atoms in total. The average molecular weight is 502 g/mol. The number of fused-ring (bicyclic) bond motifs is 1. The van der Waals surface area contributed by atoms with E-state index in [1.165, 1.54) is 11.1 Å². The second-order valence-electron chi connectivity index (χ2n) is 6.70. The lowest BCUT2D eigenvalue weighted by Gasteiger charge is -2.06. The molecule has 0 unspecified atom stereocenters. The molecule has 3 aromatic heterocycles. The number of aromatic nitrogens is 4. The van der Waals surface area contributed by atoms with Gasteiger partial charge in [0.2, 0.25) is 0 Å². The fourth-order valence-corrected chi connectivity index (χ4v) is 2.95. The highest BCUT2D eigenvalue weighted by Gasteiger charge is 2.16. The highest BCUT2D eigenvalue weighted by molar-refractivity contribution is 5.74. The summed E-state index contributed by atoms with van der Waals surface area (Å²) in [5, 5.41) is 0. The van der Waals surface area contributed by atoms with Crippen molar-refractivity contribution < 1.29 is 43.1 Å². The number of benzene rings is 1. The Bertz CT molecular complexity index is 962. The molecule has 0 aliphatic rings. The summed E-state index contributed by atoms with van der Waals surface area (Å²) in [5.74, 6) is 0.